The largest absolute Gasteiger partial charge is 0.345 e. The minimum Gasteiger partial charge on any atom is -0.345 e. The summed E-state index contributed by atoms with van der Waals surface area (Å²) in [6, 6.07) is 8.73. The number of nitrogens with one attached hydrogen (secondary N) is 2. The van der Waals surface area contributed by atoms with Gasteiger partial charge in [0.25, 0.3) is 0 Å². The summed E-state index contributed by atoms with van der Waals surface area (Å²) in [4.78, 5) is 29.2. The van der Waals surface area contributed by atoms with Crippen LogP contribution < -0.4 is 10.6 Å². The van der Waals surface area contributed by atoms with Gasteiger partial charge in [-0.3, -0.25) is 9.59 Å². The van der Waals surface area contributed by atoms with Crippen molar-refractivity contribution in [1.29, 1.82) is 0 Å². The number of anilines is 1. The summed E-state index contributed by atoms with van der Waals surface area (Å²) in [5.74, 6) is -2.95. The molecular weight excluding hydrogens is 390 g/mol. The number of imidazole rings is 1. The Kier molecular flexibility index (Phi) is 6.44. The van der Waals surface area contributed by atoms with Crippen molar-refractivity contribution in [3.05, 3.63) is 59.9 Å². The summed E-state index contributed by atoms with van der Waals surface area (Å²) in [6.07, 6.45) is 2.15. The van der Waals surface area contributed by atoms with Gasteiger partial charge in [0.15, 0.2) is 11.6 Å². The lowest BCUT2D eigenvalue weighted by molar-refractivity contribution is -0.127. The minimum atomic E-state index is -1.01. The van der Waals surface area contributed by atoms with E-state index in [1.165, 1.54) is 10.9 Å². The number of fused-ring (bicyclic) bond motifs is 1. The smallest absolute Gasteiger partial charge is 0.243 e. The highest BCUT2D eigenvalue weighted by molar-refractivity contribution is 5.95. The number of amides is 2. The van der Waals surface area contributed by atoms with Gasteiger partial charge in [-0.05, 0) is 24.0 Å². The second kappa shape index (κ2) is 9.02. The van der Waals surface area contributed by atoms with Crippen LogP contribution in [-0.4, -0.2) is 27.9 Å². The molecule has 0 aliphatic carbocycles. The van der Waals surface area contributed by atoms with E-state index in [4.69, 9.17) is 0 Å². The number of halogens is 2. The average Bonchev–Trinajstić information content (AvgIpc) is 3.09. The summed E-state index contributed by atoms with van der Waals surface area (Å²) in [5, 5.41) is 5.43. The first-order chi connectivity index (χ1) is 14.3. The Morgan fingerprint density at radius 3 is 2.53 bits per heavy atom. The fourth-order valence-corrected chi connectivity index (χ4v) is 3.41. The number of aryl methyl sites for hydroxylation is 1. The molecule has 158 valence electrons. The topological polar surface area (TPSA) is 76.0 Å². The first-order valence-corrected chi connectivity index (χ1v) is 9.78. The van der Waals surface area contributed by atoms with Crippen molar-refractivity contribution in [2.75, 3.05) is 11.9 Å². The van der Waals surface area contributed by atoms with E-state index < -0.39 is 23.6 Å². The summed E-state index contributed by atoms with van der Waals surface area (Å²) in [5.41, 5.74) is 2.26. The Bertz CT molecular complexity index is 1080. The third-order valence-corrected chi connectivity index (χ3v) is 4.91. The Morgan fingerprint density at radius 2 is 1.83 bits per heavy atom. The summed E-state index contributed by atoms with van der Waals surface area (Å²) < 4.78 is 28.7. The number of carbonyl (C=O) groups is 2. The van der Waals surface area contributed by atoms with Gasteiger partial charge in [-0.25, -0.2) is 13.8 Å². The Morgan fingerprint density at radius 1 is 1.13 bits per heavy atom. The van der Waals surface area contributed by atoms with Gasteiger partial charge in [0, 0.05) is 17.8 Å². The standard InChI is InChI=1S/C22H24F2N4O2/c1-4-14-7-5-6-8-17(14)27-20(29)11-25-22(30)21(13(2)3)28-12-26-18-9-15(23)16(24)10-19(18)28/h5-10,12-13,21H,4,11H2,1-3H3,(H,25,30)(H,27,29). The fourth-order valence-electron chi connectivity index (χ4n) is 3.41. The molecule has 6 nitrogen and oxygen atoms in total. The molecular formula is C22H24F2N4O2. The quantitative estimate of drug-likeness (QED) is 0.617. The second-order valence-corrected chi connectivity index (χ2v) is 7.37. The average molecular weight is 414 g/mol. The van der Waals surface area contributed by atoms with Crippen LogP contribution in [0.2, 0.25) is 0 Å². The zero-order valence-corrected chi connectivity index (χ0v) is 17.1. The second-order valence-electron chi connectivity index (χ2n) is 7.37. The molecule has 8 heteroatoms. The van der Waals surface area contributed by atoms with E-state index in [1.807, 2.05) is 39.0 Å². The number of hydrogen-bond donors (Lipinski definition) is 2. The molecule has 3 rings (SSSR count). The van der Waals surface area contributed by atoms with Crippen LogP contribution in [0.1, 0.15) is 32.4 Å². The molecule has 2 aromatic carbocycles. The van der Waals surface area contributed by atoms with E-state index in [9.17, 15) is 18.4 Å². The highest BCUT2D eigenvalue weighted by Crippen LogP contribution is 2.25. The Balaban J connectivity index is 1.74. The molecule has 0 saturated heterocycles. The van der Waals surface area contributed by atoms with E-state index in [0.717, 1.165) is 24.1 Å². The van der Waals surface area contributed by atoms with E-state index in [0.29, 0.717) is 11.2 Å². The predicted molar refractivity (Wildman–Crippen MR) is 111 cm³/mol. The maximum Gasteiger partial charge on any atom is 0.243 e. The number of benzene rings is 2. The third-order valence-electron chi connectivity index (χ3n) is 4.91. The Labute approximate surface area is 173 Å². The number of nitrogens with zero attached hydrogens (tertiary/aromatic N) is 2. The highest BCUT2D eigenvalue weighted by atomic mass is 19.2. The number of carbonyl (C=O) groups excluding carboxylic acids is 2. The monoisotopic (exact) mass is 414 g/mol. The van der Waals surface area contributed by atoms with Crippen molar-refractivity contribution >= 4 is 28.5 Å². The van der Waals surface area contributed by atoms with E-state index in [2.05, 4.69) is 15.6 Å². The molecule has 1 unspecified atom stereocenters. The van der Waals surface area contributed by atoms with Gasteiger partial charge in [0.2, 0.25) is 11.8 Å². The molecule has 3 aromatic rings. The first-order valence-electron chi connectivity index (χ1n) is 9.78. The van der Waals surface area contributed by atoms with Crippen molar-refractivity contribution < 1.29 is 18.4 Å². The number of aromatic nitrogens is 2. The van der Waals surface area contributed by atoms with Gasteiger partial charge < -0.3 is 15.2 Å². The molecule has 0 bridgehead atoms. The summed E-state index contributed by atoms with van der Waals surface area (Å²) >= 11 is 0. The van der Waals surface area contributed by atoms with Crippen LogP contribution in [0.5, 0.6) is 0 Å². The van der Waals surface area contributed by atoms with Gasteiger partial charge >= 0.3 is 0 Å². The number of rotatable bonds is 7. The van der Waals surface area contributed by atoms with Crippen LogP contribution in [0, 0.1) is 17.6 Å². The maximum atomic E-state index is 13.7. The van der Waals surface area contributed by atoms with Crippen molar-refractivity contribution in [3.63, 3.8) is 0 Å². The number of para-hydroxylation sites is 1. The zero-order chi connectivity index (χ0) is 21.8. The summed E-state index contributed by atoms with van der Waals surface area (Å²) in [7, 11) is 0. The van der Waals surface area contributed by atoms with Crippen LogP contribution in [0.4, 0.5) is 14.5 Å². The SMILES string of the molecule is CCc1ccccc1NC(=O)CNC(=O)C(C(C)C)n1cnc2cc(F)c(F)cc21. The lowest BCUT2D eigenvalue weighted by atomic mass is 10.0. The molecule has 2 N–H and O–H groups in total. The first kappa shape index (κ1) is 21.4. The maximum absolute atomic E-state index is 13.7. The summed E-state index contributed by atoms with van der Waals surface area (Å²) in [6.45, 7) is 5.43. The molecule has 1 heterocycles. The van der Waals surface area contributed by atoms with Gasteiger partial charge in [-0.2, -0.15) is 0 Å². The lowest BCUT2D eigenvalue weighted by Gasteiger charge is -2.22. The predicted octanol–water partition coefficient (Wildman–Crippen LogP) is 3.83. The van der Waals surface area contributed by atoms with Crippen LogP contribution in [0.3, 0.4) is 0 Å². The van der Waals surface area contributed by atoms with Crippen LogP contribution >= 0.6 is 0 Å². The minimum absolute atomic E-state index is 0.181. The van der Waals surface area contributed by atoms with Crippen LogP contribution in [0.15, 0.2) is 42.7 Å². The third kappa shape index (κ3) is 4.48. The molecule has 1 aromatic heterocycles. The van der Waals surface area contributed by atoms with Crippen molar-refractivity contribution in [2.24, 2.45) is 5.92 Å². The molecule has 2 amide bonds. The van der Waals surface area contributed by atoms with Gasteiger partial charge in [0.1, 0.15) is 6.04 Å². The van der Waals surface area contributed by atoms with Crippen molar-refractivity contribution in [3.8, 4) is 0 Å². The molecule has 0 spiro atoms. The zero-order valence-electron chi connectivity index (χ0n) is 17.1. The molecule has 0 aliphatic rings. The fraction of sp³-hybridized carbons (Fsp3) is 0.318. The normalized spacial score (nSPS) is 12.2. The molecule has 0 aliphatic heterocycles. The molecule has 30 heavy (non-hydrogen) atoms. The van der Waals surface area contributed by atoms with Gasteiger partial charge in [-0.1, -0.05) is 39.0 Å². The number of hydrogen-bond acceptors (Lipinski definition) is 3. The Hall–Kier alpha value is -3.29. The van der Waals surface area contributed by atoms with E-state index in [-0.39, 0.29) is 23.9 Å². The van der Waals surface area contributed by atoms with Gasteiger partial charge in [-0.15, -0.1) is 0 Å². The van der Waals surface area contributed by atoms with Crippen molar-refractivity contribution in [1.82, 2.24) is 14.9 Å². The molecule has 1 atom stereocenters. The van der Waals surface area contributed by atoms with Crippen LogP contribution in [0.25, 0.3) is 11.0 Å². The van der Waals surface area contributed by atoms with E-state index in [1.54, 1.807) is 6.07 Å². The van der Waals surface area contributed by atoms with E-state index >= 15 is 0 Å². The van der Waals surface area contributed by atoms with Gasteiger partial charge in [0.05, 0.1) is 23.9 Å². The molecule has 0 radical (unpaired) electrons. The highest BCUT2D eigenvalue weighted by Gasteiger charge is 2.26. The molecule has 0 fully saturated rings. The van der Waals surface area contributed by atoms with Crippen LogP contribution in [-0.2, 0) is 16.0 Å². The lowest BCUT2D eigenvalue weighted by Crippen LogP contribution is -2.39. The molecule has 0 saturated carbocycles. The van der Waals surface area contributed by atoms with Crippen molar-refractivity contribution in [2.45, 2.75) is 33.2 Å².